The molecule has 3 nitrogen and oxygen atoms in total. The molecule has 0 saturated heterocycles. The summed E-state index contributed by atoms with van der Waals surface area (Å²) in [5.74, 6) is 0.810. The maximum absolute atomic E-state index is 5.78. The number of nitrogens with zero attached hydrogens (tertiary/aromatic N) is 1. The van der Waals surface area contributed by atoms with Crippen molar-refractivity contribution in [2.75, 3.05) is 31.7 Å². The van der Waals surface area contributed by atoms with E-state index in [1.807, 2.05) is 25.2 Å². The Kier molecular flexibility index (Phi) is 5.19. The Morgan fingerprint density at radius 3 is 2.89 bits per heavy atom. The molecule has 0 aromatic heterocycles. The van der Waals surface area contributed by atoms with Gasteiger partial charge in [0, 0.05) is 35.9 Å². The first kappa shape index (κ1) is 14.8. The van der Waals surface area contributed by atoms with Gasteiger partial charge in [0.05, 0.1) is 6.61 Å². The molecule has 1 aliphatic rings. The molecule has 19 heavy (non-hydrogen) atoms. The lowest BCUT2D eigenvalue weighted by molar-refractivity contribution is 0.131. The van der Waals surface area contributed by atoms with E-state index in [1.54, 1.807) is 0 Å². The summed E-state index contributed by atoms with van der Waals surface area (Å²) in [7, 11) is 2.03. The number of likely N-dealkylation sites (N-methyl/N-ethyl adjacent to an activating group) is 1. The molecule has 1 aliphatic carbocycles. The molecular weight excluding hydrogens is 324 g/mol. The minimum absolute atomic E-state index is 0.419. The summed E-state index contributed by atoms with van der Waals surface area (Å²) in [5, 5.41) is 0. The van der Waals surface area contributed by atoms with Crippen LogP contribution in [0.15, 0.2) is 22.7 Å². The summed E-state index contributed by atoms with van der Waals surface area (Å²) < 4.78 is 6.64. The van der Waals surface area contributed by atoms with Gasteiger partial charge in [0.25, 0.3) is 0 Å². The number of anilines is 1. The van der Waals surface area contributed by atoms with E-state index in [0.29, 0.717) is 4.99 Å². The molecular formula is C14H19BrN2OS. The average molecular weight is 343 g/mol. The zero-order valence-electron chi connectivity index (χ0n) is 11.1. The highest BCUT2D eigenvalue weighted by atomic mass is 79.9. The van der Waals surface area contributed by atoms with Crippen LogP contribution in [0, 0.1) is 5.92 Å². The molecule has 104 valence electrons. The Hall–Kier alpha value is -0.650. The lowest BCUT2D eigenvalue weighted by Gasteiger charge is -2.22. The van der Waals surface area contributed by atoms with Crippen LogP contribution in [0.5, 0.6) is 0 Å². The molecule has 0 amide bonds. The van der Waals surface area contributed by atoms with Crippen molar-refractivity contribution in [1.29, 1.82) is 0 Å². The molecule has 0 spiro atoms. The number of hydrogen-bond acceptors (Lipinski definition) is 3. The highest BCUT2D eigenvalue weighted by Crippen LogP contribution is 2.28. The number of rotatable bonds is 7. The fourth-order valence-corrected chi connectivity index (χ4v) is 2.42. The smallest absolute Gasteiger partial charge is 0.106 e. The topological polar surface area (TPSA) is 38.5 Å². The SMILES string of the molecule is CN(CCOCC1CC1)c1ccc(Br)cc1C(N)=S. The Bertz CT molecular complexity index is 463. The maximum Gasteiger partial charge on any atom is 0.106 e. The van der Waals surface area contributed by atoms with E-state index in [2.05, 4.69) is 20.8 Å². The van der Waals surface area contributed by atoms with Crippen LogP contribution >= 0.6 is 28.1 Å². The van der Waals surface area contributed by atoms with Gasteiger partial charge in [0.1, 0.15) is 4.99 Å². The van der Waals surface area contributed by atoms with E-state index in [9.17, 15) is 0 Å². The van der Waals surface area contributed by atoms with E-state index in [1.165, 1.54) is 12.8 Å². The predicted octanol–water partition coefficient (Wildman–Crippen LogP) is 2.95. The summed E-state index contributed by atoms with van der Waals surface area (Å²) in [6.45, 7) is 2.47. The summed E-state index contributed by atoms with van der Waals surface area (Å²) in [5.41, 5.74) is 7.72. The number of benzene rings is 1. The van der Waals surface area contributed by atoms with E-state index < -0.39 is 0 Å². The van der Waals surface area contributed by atoms with Crippen molar-refractivity contribution >= 4 is 38.8 Å². The molecule has 0 bridgehead atoms. The van der Waals surface area contributed by atoms with Crippen LogP contribution in [0.2, 0.25) is 0 Å². The van der Waals surface area contributed by atoms with Crippen LogP contribution in [-0.4, -0.2) is 31.8 Å². The van der Waals surface area contributed by atoms with Crippen molar-refractivity contribution in [1.82, 2.24) is 0 Å². The molecule has 0 aliphatic heterocycles. The summed E-state index contributed by atoms with van der Waals surface area (Å²) >= 11 is 8.55. The first-order valence-corrected chi connectivity index (χ1v) is 7.66. The maximum atomic E-state index is 5.78. The molecule has 0 unspecified atom stereocenters. The molecule has 1 aromatic carbocycles. The fraction of sp³-hybridized carbons (Fsp3) is 0.500. The summed E-state index contributed by atoms with van der Waals surface area (Å²) in [4.78, 5) is 2.55. The van der Waals surface area contributed by atoms with Crippen LogP contribution in [0.25, 0.3) is 0 Å². The van der Waals surface area contributed by atoms with Crippen molar-refractivity contribution in [2.45, 2.75) is 12.8 Å². The molecule has 5 heteroatoms. The van der Waals surface area contributed by atoms with E-state index in [4.69, 9.17) is 22.7 Å². The average Bonchev–Trinajstić information content (AvgIpc) is 3.18. The molecule has 0 radical (unpaired) electrons. The number of halogens is 1. The summed E-state index contributed by atoms with van der Waals surface area (Å²) in [6, 6.07) is 5.98. The van der Waals surface area contributed by atoms with Gasteiger partial charge in [-0.2, -0.15) is 0 Å². The third kappa shape index (κ3) is 4.44. The van der Waals surface area contributed by atoms with Crippen LogP contribution < -0.4 is 10.6 Å². The van der Waals surface area contributed by atoms with E-state index >= 15 is 0 Å². The molecule has 1 aromatic rings. The monoisotopic (exact) mass is 342 g/mol. The lowest BCUT2D eigenvalue weighted by Crippen LogP contribution is -2.26. The normalized spacial score (nSPS) is 14.4. The minimum Gasteiger partial charge on any atom is -0.389 e. The number of ether oxygens (including phenoxy) is 1. The third-order valence-electron chi connectivity index (χ3n) is 3.26. The van der Waals surface area contributed by atoms with Crippen LogP contribution in [0.4, 0.5) is 5.69 Å². The quantitative estimate of drug-likeness (QED) is 0.610. The largest absolute Gasteiger partial charge is 0.389 e. The van der Waals surface area contributed by atoms with Crippen molar-refractivity contribution in [3.8, 4) is 0 Å². The van der Waals surface area contributed by atoms with Crippen LogP contribution in [0.3, 0.4) is 0 Å². The number of thiocarbonyl (C=S) groups is 1. The fourth-order valence-electron chi connectivity index (χ4n) is 1.89. The summed E-state index contributed by atoms with van der Waals surface area (Å²) in [6.07, 6.45) is 2.66. The van der Waals surface area contributed by atoms with Crippen molar-refractivity contribution in [3.63, 3.8) is 0 Å². The number of nitrogens with two attached hydrogens (primary N) is 1. The zero-order chi connectivity index (χ0) is 13.8. The first-order chi connectivity index (χ1) is 9.08. The van der Waals surface area contributed by atoms with Gasteiger partial charge in [-0.1, -0.05) is 28.1 Å². The van der Waals surface area contributed by atoms with Crippen molar-refractivity contribution < 1.29 is 4.74 Å². The van der Waals surface area contributed by atoms with Crippen LogP contribution in [0.1, 0.15) is 18.4 Å². The Morgan fingerprint density at radius 1 is 1.53 bits per heavy atom. The Balaban J connectivity index is 1.92. The van der Waals surface area contributed by atoms with Gasteiger partial charge in [-0.15, -0.1) is 0 Å². The second kappa shape index (κ2) is 6.68. The molecule has 2 rings (SSSR count). The van der Waals surface area contributed by atoms with E-state index in [0.717, 1.165) is 41.4 Å². The minimum atomic E-state index is 0.419. The molecule has 1 fully saturated rings. The van der Waals surface area contributed by atoms with E-state index in [-0.39, 0.29) is 0 Å². The zero-order valence-corrected chi connectivity index (χ0v) is 13.5. The highest BCUT2D eigenvalue weighted by molar-refractivity contribution is 9.10. The molecule has 0 heterocycles. The van der Waals surface area contributed by atoms with Crippen molar-refractivity contribution in [2.24, 2.45) is 11.7 Å². The third-order valence-corrected chi connectivity index (χ3v) is 3.97. The van der Waals surface area contributed by atoms with Gasteiger partial charge in [-0.25, -0.2) is 0 Å². The van der Waals surface area contributed by atoms with Gasteiger partial charge in [0.2, 0.25) is 0 Å². The first-order valence-electron chi connectivity index (χ1n) is 6.46. The molecule has 0 atom stereocenters. The second-order valence-electron chi connectivity index (χ2n) is 4.97. The van der Waals surface area contributed by atoms with Gasteiger partial charge in [-0.05, 0) is 37.0 Å². The van der Waals surface area contributed by atoms with Gasteiger partial charge in [-0.3, -0.25) is 0 Å². The van der Waals surface area contributed by atoms with Crippen molar-refractivity contribution in [3.05, 3.63) is 28.2 Å². The highest BCUT2D eigenvalue weighted by Gasteiger charge is 2.21. The predicted molar refractivity (Wildman–Crippen MR) is 86.8 cm³/mol. The lowest BCUT2D eigenvalue weighted by atomic mass is 10.1. The Labute approximate surface area is 128 Å². The molecule has 1 saturated carbocycles. The number of hydrogen-bond donors (Lipinski definition) is 1. The van der Waals surface area contributed by atoms with Gasteiger partial charge >= 0.3 is 0 Å². The Morgan fingerprint density at radius 2 is 2.26 bits per heavy atom. The van der Waals surface area contributed by atoms with Crippen LogP contribution in [-0.2, 0) is 4.74 Å². The van der Waals surface area contributed by atoms with Gasteiger partial charge in [0.15, 0.2) is 0 Å². The standard InChI is InChI=1S/C14H19BrN2OS/c1-17(6-7-18-9-10-2-3-10)13-5-4-11(15)8-12(13)14(16)19/h4-5,8,10H,2-3,6-7,9H2,1H3,(H2,16,19). The second-order valence-corrected chi connectivity index (χ2v) is 6.32. The van der Waals surface area contributed by atoms with Gasteiger partial charge < -0.3 is 15.4 Å². The molecule has 2 N–H and O–H groups in total.